The van der Waals surface area contributed by atoms with Crippen molar-refractivity contribution in [2.75, 3.05) is 7.11 Å². The van der Waals surface area contributed by atoms with Gasteiger partial charge in [0, 0.05) is 24.4 Å². The van der Waals surface area contributed by atoms with Gasteiger partial charge >= 0.3 is 12.0 Å². The number of halogens is 1. The molecule has 0 saturated heterocycles. The van der Waals surface area contributed by atoms with Crippen LogP contribution in [0.1, 0.15) is 70.9 Å². The monoisotopic (exact) mass is 488 g/mol. The zero-order chi connectivity index (χ0) is 24.8. The van der Waals surface area contributed by atoms with Crippen LogP contribution in [0.25, 0.3) is 0 Å². The Bertz CT molecular complexity index is 989. The minimum Gasteiger partial charge on any atom is -0.481 e. The summed E-state index contributed by atoms with van der Waals surface area (Å²) in [5.74, 6) is -0.971. The smallest absolute Gasteiger partial charge is 0.322 e. The Morgan fingerprint density at radius 2 is 1.94 bits per heavy atom. The highest BCUT2D eigenvalue weighted by Crippen LogP contribution is 2.48. The van der Waals surface area contributed by atoms with Crippen molar-refractivity contribution >= 4 is 23.6 Å². The highest BCUT2D eigenvalue weighted by molar-refractivity contribution is 6.31. The number of aliphatic carboxylic acids is 1. The summed E-state index contributed by atoms with van der Waals surface area (Å²) in [5, 5.41) is 13.4. The Balaban J connectivity index is 1.63. The first kappa shape index (κ1) is 25.1. The molecular formula is C27H37ClN2O4. The quantitative estimate of drug-likeness (QED) is 0.513. The molecule has 2 N–H and O–H groups in total. The van der Waals surface area contributed by atoms with Gasteiger partial charge in [0.25, 0.3) is 0 Å². The van der Waals surface area contributed by atoms with Crippen molar-refractivity contribution in [2.24, 2.45) is 17.3 Å². The Kier molecular flexibility index (Phi) is 6.78. The lowest BCUT2D eigenvalue weighted by atomic mass is 9.64. The molecule has 34 heavy (non-hydrogen) atoms. The number of urea groups is 1. The van der Waals surface area contributed by atoms with Crippen LogP contribution < -0.4 is 5.32 Å². The fourth-order valence-electron chi connectivity index (χ4n) is 5.31. The molecule has 0 radical (unpaired) electrons. The van der Waals surface area contributed by atoms with E-state index >= 15 is 0 Å². The molecule has 0 aromatic heterocycles. The summed E-state index contributed by atoms with van der Waals surface area (Å²) in [6.45, 7) is 8.67. The van der Waals surface area contributed by atoms with Crippen molar-refractivity contribution in [3.63, 3.8) is 0 Å². The predicted octanol–water partition coefficient (Wildman–Crippen LogP) is 5.73. The summed E-state index contributed by atoms with van der Waals surface area (Å²) in [4.78, 5) is 26.5. The topological polar surface area (TPSA) is 78.9 Å². The molecule has 0 unspecified atom stereocenters. The standard InChI is InChI=1S/C27H37ClN2O4/c1-26(2,3)9-8-16-6-7-19(12-23(16)28)27(4)22(17-10-18(11-17)24(31)32)15-30(25(33)29-27)20-13-21(14-20)34-5/h6-7,12,15,17-18,20-21H,8-11,13-14H2,1-5H3,(H,29,33)(H,31,32)/t17?,18?,20?,21?,27-/m0/s1. The van der Waals surface area contributed by atoms with E-state index in [2.05, 4.69) is 38.2 Å². The van der Waals surface area contributed by atoms with Crippen LogP contribution in [0.4, 0.5) is 4.79 Å². The predicted molar refractivity (Wildman–Crippen MR) is 133 cm³/mol. The molecule has 1 atom stereocenters. The zero-order valence-corrected chi connectivity index (χ0v) is 21.6. The third-order valence-electron chi connectivity index (χ3n) is 7.95. The molecule has 6 nitrogen and oxygen atoms in total. The number of hydrogen-bond donors (Lipinski definition) is 2. The molecule has 7 heteroatoms. The summed E-state index contributed by atoms with van der Waals surface area (Å²) in [6.07, 6.45) is 6.88. The maximum atomic E-state index is 13.2. The number of aryl methyl sites for hydroxylation is 1. The van der Waals surface area contributed by atoms with E-state index in [1.54, 1.807) is 12.0 Å². The molecule has 2 aliphatic carbocycles. The minimum atomic E-state index is -0.747. The largest absolute Gasteiger partial charge is 0.481 e. The molecule has 2 amide bonds. The third kappa shape index (κ3) is 4.85. The Hall–Kier alpha value is -2.05. The first-order chi connectivity index (χ1) is 15.9. The second-order valence-electron chi connectivity index (χ2n) is 11.6. The van der Waals surface area contributed by atoms with Crippen molar-refractivity contribution in [3.8, 4) is 0 Å². The zero-order valence-electron chi connectivity index (χ0n) is 20.9. The molecule has 3 aliphatic rings. The second kappa shape index (κ2) is 9.19. The summed E-state index contributed by atoms with van der Waals surface area (Å²) in [7, 11) is 1.70. The summed E-state index contributed by atoms with van der Waals surface area (Å²) in [5.41, 5.74) is 2.58. The van der Waals surface area contributed by atoms with Gasteiger partial charge in [-0.15, -0.1) is 0 Å². The van der Waals surface area contributed by atoms with Crippen molar-refractivity contribution in [1.29, 1.82) is 0 Å². The van der Waals surface area contributed by atoms with Crippen molar-refractivity contribution in [3.05, 3.63) is 46.1 Å². The summed E-state index contributed by atoms with van der Waals surface area (Å²) < 4.78 is 5.41. The van der Waals surface area contributed by atoms with Crippen LogP contribution in [0.5, 0.6) is 0 Å². The van der Waals surface area contributed by atoms with Crippen LogP contribution in [0.2, 0.25) is 5.02 Å². The number of carbonyl (C=O) groups excluding carboxylic acids is 1. The van der Waals surface area contributed by atoms with E-state index < -0.39 is 11.5 Å². The molecule has 1 aromatic carbocycles. The van der Waals surface area contributed by atoms with Crippen molar-refractivity contribution < 1.29 is 19.4 Å². The molecule has 4 rings (SSSR count). The van der Waals surface area contributed by atoms with Gasteiger partial charge in [0.2, 0.25) is 0 Å². The van der Waals surface area contributed by atoms with Gasteiger partial charge in [-0.2, -0.15) is 0 Å². The average Bonchev–Trinajstić information content (AvgIpc) is 2.67. The van der Waals surface area contributed by atoms with Gasteiger partial charge in [-0.25, -0.2) is 4.79 Å². The Labute approximate surface area is 207 Å². The van der Waals surface area contributed by atoms with Gasteiger partial charge in [-0.05, 0) is 79.5 Å². The number of methoxy groups -OCH3 is 1. The SMILES string of the molecule is COC1CC(N2C=C(C3CC(C(=O)O)C3)[C@](C)(c3ccc(CCC(C)(C)C)c(Cl)c3)NC2=O)C1. The number of carboxylic acids is 1. The molecule has 186 valence electrons. The van der Waals surface area contributed by atoms with Gasteiger partial charge < -0.3 is 15.2 Å². The van der Waals surface area contributed by atoms with Gasteiger partial charge in [0.15, 0.2) is 0 Å². The number of rotatable bonds is 7. The number of carbonyl (C=O) groups is 2. The van der Waals surface area contributed by atoms with E-state index in [1.807, 2.05) is 19.2 Å². The number of benzene rings is 1. The van der Waals surface area contributed by atoms with Crippen molar-refractivity contribution in [2.45, 2.75) is 83.9 Å². The molecule has 1 heterocycles. The van der Waals surface area contributed by atoms with Crippen LogP contribution in [0.15, 0.2) is 30.0 Å². The van der Waals surface area contributed by atoms with Crippen LogP contribution in [0.3, 0.4) is 0 Å². The maximum Gasteiger partial charge on any atom is 0.322 e. The van der Waals surface area contributed by atoms with Crippen LogP contribution in [-0.4, -0.2) is 41.3 Å². The van der Waals surface area contributed by atoms with Crippen LogP contribution in [-0.2, 0) is 21.5 Å². The van der Waals surface area contributed by atoms with E-state index in [-0.39, 0.29) is 35.4 Å². The summed E-state index contributed by atoms with van der Waals surface area (Å²) in [6, 6.07) is 6.07. The van der Waals surface area contributed by atoms with Crippen molar-refractivity contribution in [1.82, 2.24) is 10.2 Å². The van der Waals surface area contributed by atoms with E-state index in [0.29, 0.717) is 17.9 Å². The highest BCUT2D eigenvalue weighted by atomic mass is 35.5. The lowest BCUT2D eigenvalue weighted by molar-refractivity contribution is -0.145. The average molecular weight is 489 g/mol. The van der Waals surface area contributed by atoms with E-state index in [4.69, 9.17) is 16.3 Å². The van der Waals surface area contributed by atoms with Crippen LogP contribution >= 0.6 is 11.6 Å². The first-order valence-electron chi connectivity index (χ1n) is 12.3. The molecule has 2 fully saturated rings. The maximum absolute atomic E-state index is 13.2. The lowest BCUT2D eigenvalue weighted by Gasteiger charge is -2.50. The molecule has 0 spiro atoms. The van der Waals surface area contributed by atoms with Gasteiger partial charge in [0.05, 0.1) is 17.6 Å². The second-order valence-corrected chi connectivity index (χ2v) is 12.0. The van der Waals surface area contributed by atoms with Crippen LogP contribution in [0, 0.1) is 17.3 Å². The number of carboxylic acid groups (broad SMARTS) is 1. The lowest BCUT2D eigenvalue weighted by Crippen LogP contribution is -2.60. The highest BCUT2D eigenvalue weighted by Gasteiger charge is 2.49. The fourth-order valence-corrected chi connectivity index (χ4v) is 5.59. The molecular weight excluding hydrogens is 452 g/mol. The molecule has 2 saturated carbocycles. The number of ether oxygens (including phenoxy) is 1. The number of hydrogen-bond acceptors (Lipinski definition) is 3. The fraction of sp³-hybridized carbons (Fsp3) is 0.630. The number of nitrogens with one attached hydrogen (secondary N) is 1. The third-order valence-corrected chi connectivity index (χ3v) is 8.30. The van der Waals surface area contributed by atoms with Gasteiger partial charge in [-0.1, -0.05) is 44.5 Å². The molecule has 1 aromatic rings. The molecule has 0 bridgehead atoms. The van der Waals surface area contributed by atoms with Gasteiger partial charge in [0.1, 0.15) is 0 Å². The number of amides is 2. The molecule has 1 aliphatic heterocycles. The first-order valence-corrected chi connectivity index (χ1v) is 12.7. The normalized spacial score (nSPS) is 31.3. The van der Waals surface area contributed by atoms with Gasteiger partial charge in [-0.3, -0.25) is 9.69 Å². The Morgan fingerprint density at radius 3 is 2.50 bits per heavy atom. The summed E-state index contributed by atoms with van der Waals surface area (Å²) >= 11 is 6.72. The van der Waals surface area contributed by atoms with E-state index in [0.717, 1.165) is 42.4 Å². The van der Waals surface area contributed by atoms with E-state index in [1.165, 1.54) is 0 Å². The van der Waals surface area contributed by atoms with E-state index in [9.17, 15) is 14.7 Å². The number of nitrogens with zero attached hydrogens (tertiary/aromatic N) is 1. The Morgan fingerprint density at radius 1 is 1.26 bits per heavy atom. The minimum absolute atomic E-state index is 0.100.